The van der Waals surface area contributed by atoms with E-state index in [2.05, 4.69) is 15.1 Å². The number of halogens is 4. The largest absolute Gasteiger partial charge is 0.478 e. The molecule has 0 spiro atoms. The SMILES string of the molecule is O=C(O)c1ccc(/N=C/c2c(-c3c(Cl)cccc3C(F)(F)F)noc2-c2cc[nH]c2)cc1. The zero-order valence-electron chi connectivity index (χ0n) is 16.0. The van der Waals surface area contributed by atoms with Gasteiger partial charge in [0.1, 0.15) is 5.69 Å². The topological polar surface area (TPSA) is 91.5 Å². The summed E-state index contributed by atoms with van der Waals surface area (Å²) in [7, 11) is 0. The Morgan fingerprint density at radius 3 is 2.53 bits per heavy atom. The van der Waals surface area contributed by atoms with Gasteiger partial charge in [-0.25, -0.2) is 4.79 Å². The number of aromatic carboxylic acids is 1. The number of nitrogens with zero attached hydrogens (tertiary/aromatic N) is 2. The average molecular weight is 460 g/mol. The number of rotatable bonds is 5. The molecule has 0 aliphatic heterocycles. The number of hydrogen-bond acceptors (Lipinski definition) is 4. The summed E-state index contributed by atoms with van der Waals surface area (Å²) < 4.78 is 46.4. The lowest BCUT2D eigenvalue weighted by atomic mass is 9.99. The van der Waals surface area contributed by atoms with Gasteiger partial charge < -0.3 is 14.6 Å². The summed E-state index contributed by atoms with van der Waals surface area (Å²) in [6.07, 6.45) is -0.137. The Hall–Kier alpha value is -3.85. The van der Waals surface area contributed by atoms with Gasteiger partial charge in [0.15, 0.2) is 5.76 Å². The first-order valence-electron chi connectivity index (χ1n) is 9.12. The fourth-order valence-corrected chi connectivity index (χ4v) is 3.36. The monoisotopic (exact) mass is 459 g/mol. The van der Waals surface area contributed by atoms with E-state index in [1.807, 2.05) is 0 Å². The van der Waals surface area contributed by atoms with E-state index in [-0.39, 0.29) is 33.2 Å². The Morgan fingerprint density at radius 1 is 1.16 bits per heavy atom. The van der Waals surface area contributed by atoms with Gasteiger partial charge in [0.2, 0.25) is 0 Å². The molecule has 4 aromatic rings. The van der Waals surface area contributed by atoms with Crippen LogP contribution in [-0.2, 0) is 6.18 Å². The Bertz CT molecular complexity index is 1290. The zero-order chi connectivity index (χ0) is 22.9. The van der Waals surface area contributed by atoms with Gasteiger partial charge in [-0.2, -0.15) is 13.2 Å². The first-order valence-corrected chi connectivity index (χ1v) is 9.50. The minimum absolute atomic E-state index is 0.0773. The minimum Gasteiger partial charge on any atom is -0.478 e. The molecule has 0 saturated carbocycles. The first-order chi connectivity index (χ1) is 15.3. The van der Waals surface area contributed by atoms with Gasteiger partial charge in [-0.15, -0.1) is 0 Å². The maximum absolute atomic E-state index is 13.7. The highest BCUT2D eigenvalue weighted by Gasteiger charge is 2.36. The number of aromatic nitrogens is 2. The van der Waals surface area contributed by atoms with Crippen molar-refractivity contribution in [3.63, 3.8) is 0 Å². The summed E-state index contributed by atoms with van der Waals surface area (Å²) >= 11 is 6.15. The molecular formula is C22H13ClF3N3O3. The van der Waals surface area contributed by atoms with Gasteiger partial charge >= 0.3 is 12.1 Å². The predicted octanol–water partition coefficient (Wildman–Crippen LogP) is 6.46. The Labute approximate surface area is 184 Å². The number of carbonyl (C=O) groups is 1. The van der Waals surface area contributed by atoms with Crippen molar-refractivity contribution < 1.29 is 27.6 Å². The molecule has 32 heavy (non-hydrogen) atoms. The number of H-pyrrole nitrogens is 1. The molecular weight excluding hydrogens is 447 g/mol. The van der Waals surface area contributed by atoms with Crippen LogP contribution < -0.4 is 0 Å². The maximum Gasteiger partial charge on any atom is 0.417 e. The van der Waals surface area contributed by atoms with Gasteiger partial charge in [-0.05, 0) is 42.5 Å². The Morgan fingerprint density at radius 2 is 1.91 bits per heavy atom. The van der Waals surface area contributed by atoms with Crippen LogP contribution in [0.2, 0.25) is 5.02 Å². The molecule has 0 aliphatic rings. The molecule has 0 amide bonds. The van der Waals surface area contributed by atoms with Crippen molar-refractivity contribution in [2.75, 3.05) is 0 Å². The van der Waals surface area contributed by atoms with Crippen molar-refractivity contribution in [2.24, 2.45) is 4.99 Å². The number of alkyl halides is 3. The van der Waals surface area contributed by atoms with Crippen molar-refractivity contribution in [3.8, 4) is 22.6 Å². The molecule has 6 nitrogen and oxygen atoms in total. The predicted molar refractivity (Wildman–Crippen MR) is 112 cm³/mol. The van der Waals surface area contributed by atoms with Gasteiger partial charge in [0, 0.05) is 29.7 Å². The number of carboxylic acids is 1. The molecule has 2 aromatic carbocycles. The molecule has 0 fully saturated rings. The number of aromatic amines is 1. The lowest BCUT2D eigenvalue weighted by Gasteiger charge is -2.13. The molecule has 2 aromatic heterocycles. The van der Waals surface area contributed by atoms with Crippen LogP contribution in [-0.4, -0.2) is 27.4 Å². The first kappa shape index (κ1) is 21.4. The molecule has 2 N–H and O–H groups in total. The molecule has 0 atom stereocenters. The second-order valence-corrected chi connectivity index (χ2v) is 7.05. The van der Waals surface area contributed by atoms with Crippen LogP contribution in [0.5, 0.6) is 0 Å². The van der Waals surface area contributed by atoms with E-state index < -0.39 is 17.7 Å². The lowest BCUT2D eigenvalue weighted by Crippen LogP contribution is -2.08. The summed E-state index contributed by atoms with van der Waals surface area (Å²) in [6, 6.07) is 10.8. The minimum atomic E-state index is -4.67. The summed E-state index contributed by atoms with van der Waals surface area (Å²) in [5.41, 5.74) is -0.206. The quantitative estimate of drug-likeness (QED) is 0.335. The number of hydrogen-bond donors (Lipinski definition) is 2. The summed E-state index contributed by atoms with van der Waals surface area (Å²) in [4.78, 5) is 18.1. The van der Waals surface area contributed by atoms with Crippen LogP contribution in [0.3, 0.4) is 0 Å². The smallest absolute Gasteiger partial charge is 0.417 e. The van der Waals surface area contributed by atoms with E-state index in [1.54, 1.807) is 18.5 Å². The van der Waals surface area contributed by atoms with Gasteiger partial charge in [0.05, 0.1) is 27.4 Å². The van der Waals surface area contributed by atoms with E-state index in [0.717, 1.165) is 6.07 Å². The normalized spacial score (nSPS) is 11.9. The molecule has 0 saturated heterocycles. The van der Waals surface area contributed by atoms with Crippen molar-refractivity contribution >= 4 is 29.5 Å². The third-order valence-electron chi connectivity index (χ3n) is 4.60. The molecule has 0 bridgehead atoms. The fourth-order valence-electron chi connectivity index (χ4n) is 3.10. The van der Waals surface area contributed by atoms with Crippen molar-refractivity contribution in [1.82, 2.24) is 10.1 Å². The van der Waals surface area contributed by atoms with E-state index in [9.17, 15) is 18.0 Å². The Kier molecular flexibility index (Phi) is 5.58. The highest BCUT2D eigenvalue weighted by atomic mass is 35.5. The van der Waals surface area contributed by atoms with Crippen LogP contribution in [0, 0.1) is 0 Å². The van der Waals surface area contributed by atoms with Crippen LogP contribution in [0.25, 0.3) is 22.6 Å². The summed E-state index contributed by atoms with van der Waals surface area (Å²) in [6.45, 7) is 0. The second-order valence-electron chi connectivity index (χ2n) is 6.64. The fraction of sp³-hybridized carbons (Fsp3) is 0.0455. The molecule has 0 aliphatic carbocycles. The molecule has 0 radical (unpaired) electrons. The van der Waals surface area contributed by atoms with Crippen molar-refractivity contribution in [1.29, 1.82) is 0 Å². The van der Waals surface area contributed by atoms with Crippen LogP contribution >= 0.6 is 11.6 Å². The van der Waals surface area contributed by atoms with E-state index in [0.29, 0.717) is 11.3 Å². The second kappa shape index (κ2) is 8.35. The lowest BCUT2D eigenvalue weighted by molar-refractivity contribution is -0.137. The highest BCUT2D eigenvalue weighted by molar-refractivity contribution is 6.33. The molecule has 162 valence electrons. The maximum atomic E-state index is 13.7. The summed E-state index contributed by atoms with van der Waals surface area (Å²) in [5.74, 6) is -0.893. The number of aliphatic imine (C=N–C) groups is 1. The number of carboxylic acid groups (broad SMARTS) is 1. The molecule has 2 heterocycles. The summed E-state index contributed by atoms with van der Waals surface area (Å²) in [5, 5.41) is 12.8. The van der Waals surface area contributed by atoms with Crippen molar-refractivity contribution in [2.45, 2.75) is 6.18 Å². The van der Waals surface area contributed by atoms with Crippen molar-refractivity contribution in [3.05, 3.63) is 82.6 Å². The van der Waals surface area contributed by atoms with Gasteiger partial charge in [-0.3, -0.25) is 4.99 Å². The number of benzene rings is 2. The molecule has 10 heteroatoms. The third kappa shape index (κ3) is 4.15. The van der Waals surface area contributed by atoms with E-state index >= 15 is 0 Å². The average Bonchev–Trinajstić information content (AvgIpc) is 3.41. The third-order valence-corrected chi connectivity index (χ3v) is 4.92. The van der Waals surface area contributed by atoms with Crippen LogP contribution in [0.4, 0.5) is 18.9 Å². The van der Waals surface area contributed by atoms with Gasteiger partial charge in [-0.1, -0.05) is 22.8 Å². The molecule has 0 unspecified atom stereocenters. The van der Waals surface area contributed by atoms with Gasteiger partial charge in [0.25, 0.3) is 0 Å². The molecule has 4 rings (SSSR count). The number of nitrogens with one attached hydrogen (secondary N) is 1. The van der Waals surface area contributed by atoms with Crippen LogP contribution in [0.1, 0.15) is 21.5 Å². The van der Waals surface area contributed by atoms with Crippen LogP contribution in [0.15, 0.2) is 70.4 Å². The van der Waals surface area contributed by atoms with E-state index in [1.165, 1.54) is 42.6 Å². The standard InChI is InChI=1S/C22H13ClF3N3O3/c23-17-3-1-2-16(22(24,25)26)18(17)19-15(20(32-29-19)13-8-9-27-10-13)11-28-14-6-4-12(5-7-14)21(30)31/h1-11,27H,(H,30,31)/b28-11+. The highest BCUT2D eigenvalue weighted by Crippen LogP contribution is 2.43. The Balaban J connectivity index is 1.87. The van der Waals surface area contributed by atoms with E-state index in [4.69, 9.17) is 21.2 Å². The zero-order valence-corrected chi connectivity index (χ0v) is 16.8.